The number of carbonyl (C=O) groups is 1. The van der Waals surface area contributed by atoms with E-state index in [-0.39, 0.29) is 9.71 Å². The van der Waals surface area contributed by atoms with Gasteiger partial charge in [0.05, 0.1) is 0 Å². The molecule has 0 aromatic rings. The van der Waals surface area contributed by atoms with Crippen LogP contribution >= 0.6 is 63.7 Å². The Morgan fingerprint density at radius 3 is 2.53 bits per heavy atom. The molecule has 0 bridgehead atoms. The average molecular weight is 470 g/mol. The lowest BCUT2D eigenvalue weighted by Crippen LogP contribution is -2.31. The zero-order valence-electron chi connectivity index (χ0n) is 8.03. The maximum Gasteiger partial charge on any atom is 0.347 e. The minimum absolute atomic E-state index is 0.150. The van der Waals surface area contributed by atoms with Gasteiger partial charge >= 0.3 is 5.97 Å². The molecule has 0 spiro atoms. The topological polar surface area (TPSA) is 26.3 Å². The van der Waals surface area contributed by atoms with Gasteiger partial charge in [0.1, 0.15) is 8.22 Å². The molecule has 0 amide bonds. The Labute approximate surface area is 123 Å². The number of esters is 1. The van der Waals surface area contributed by atoms with Crippen molar-refractivity contribution in [3.63, 3.8) is 0 Å². The fraction of sp³-hybridized carbons (Fsp3) is 0.667. The van der Waals surface area contributed by atoms with Crippen LogP contribution in [0.2, 0.25) is 0 Å². The van der Waals surface area contributed by atoms with Crippen LogP contribution in [0, 0.1) is 0 Å². The van der Waals surface area contributed by atoms with Gasteiger partial charge in [-0.15, -0.1) is 0 Å². The molecule has 0 aliphatic carbocycles. The number of unbranched alkanes of at least 4 members (excludes halogenated alkanes) is 1. The standard InChI is InChI=1S/C9H10Br4O2/c1-2-3-4-5-6(10)7(14)15-9(5,13)8(11)12/h8H,2-4H2,1H3. The molecule has 0 N–H and O–H groups in total. The third kappa shape index (κ3) is 2.87. The fourth-order valence-corrected chi connectivity index (χ4v) is 3.45. The summed E-state index contributed by atoms with van der Waals surface area (Å²) in [6.45, 7) is 2.11. The van der Waals surface area contributed by atoms with Crippen molar-refractivity contribution in [1.82, 2.24) is 0 Å². The number of hydrogen-bond acceptors (Lipinski definition) is 2. The molecule has 6 heteroatoms. The third-order valence-corrected chi connectivity index (χ3v) is 6.58. The molecule has 1 rings (SSSR count). The number of ether oxygens (including phenoxy) is 1. The normalized spacial score (nSPS) is 26.4. The Bertz CT molecular complexity index is 300. The van der Waals surface area contributed by atoms with Gasteiger partial charge in [0.2, 0.25) is 4.51 Å². The van der Waals surface area contributed by atoms with E-state index >= 15 is 0 Å². The SMILES string of the molecule is CCCCC1=C(Br)C(=O)OC1(Br)C(Br)Br. The Kier molecular flexibility index (Phi) is 5.34. The van der Waals surface area contributed by atoms with Crippen LogP contribution in [0.4, 0.5) is 0 Å². The zero-order chi connectivity index (χ0) is 11.6. The van der Waals surface area contributed by atoms with E-state index in [2.05, 4.69) is 70.6 Å². The van der Waals surface area contributed by atoms with Crippen LogP contribution in [0.15, 0.2) is 10.1 Å². The summed E-state index contributed by atoms with van der Waals surface area (Å²) in [6, 6.07) is 0. The molecule has 1 aliphatic rings. The summed E-state index contributed by atoms with van der Waals surface area (Å²) in [5.41, 5.74) is 0.952. The number of alkyl halides is 3. The Morgan fingerprint density at radius 1 is 1.47 bits per heavy atom. The van der Waals surface area contributed by atoms with Gasteiger partial charge in [-0.1, -0.05) is 45.2 Å². The van der Waals surface area contributed by atoms with Crippen LogP contribution in [0.3, 0.4) is 0 Å². The van der Waals surface area contributed by atoms with Crippen molar-refractivity contribution in [3.8, 4) is 0 Å². The molecule has 2 nitrogen and oxygen atoms in total. The average Bonchev–Trinajstić information content (AvgIpc) is 2.38. The van der Waals surface area contributed by atoms with Gasteiger partial charge in [-0.25, -0.2) is 4.79 Å². The van der Waals surface area contributed by atoms with Gasteiger partial charge in [-0.05, 0) is 44.7 Å². The summed E-state index contributed by atoms with van der Waals surface area (Å²) in [5.74, 6) is -0.318. The van der Waals surface area contributed by atoms with E-state index in [9.17, 15) is 4.79 Å². The predicted molar refractivity (Wildman–Crippen MR) is 74.9 cm³/mol. The number of halogens is 4. The summed E-state index contributed by atoms with van der Waals surface area (Å²) in [6.07, 6.45) is 2.94. The van der Waals surface area contributed by atoms with Crippen molar-refractivity contribution in [2.45, 2.75) is 34.4 Å². The first kappa shape index (κ1) is 14.2. The van der Waals surface area contributed by atoms with Crippen molar-refractivity contribution in [2.24, 2.45) is 0 Å². The Morgan fingerprint density at radius 2 is 2.07 bits per heavy atom. The molecule has 0 saturated heterocycles. The summed E-state index contributed by atoms with van der Waals surface area (Å²) in [4.78, 5) is 11.5. The van der Waals surface area contributed by atoms with Crippen molar-refractivity contribution < 1.29 is 9.53 Å². The van der Waals surface area contributed by atoms with Gasteiger partial charge in [-0.3, -0.25) is 0 Å². The summed E-state index contributed by atoms with van der Waals surface area (Å²) in [5, 5.41) is 0. The molecule has 0 aromatic heterocycles. The lowest BCUT2D eigenvalue weighted by molar-refractivity contribution is -0.139. The molecule has 0 aromatic carbocycles. The number of rotatable bonds is 4. The quantitative estimate of drug-likeness (QED) is 0.445. The van der Waals surface area contributed by atoms with E-state index in [1.165, 1.54) is 0 Å². The fourth-order valence-electron chi connectivity index (χ4n) is 1.32. The largest absolute Gasteiger partial charge is 0.437 e. The molecular formula is C9H10Br4O2. The van der Waals surface area contributed by atoms with E-state index in [1.54, 1.807) is 0 Å². The zero-order valence-corrected chi connectivity index (χ0v) is 14.4. The van der Waals surface area contributed by atoms with Gasteiger partial charge in [0.15, 0.2) is 0 Å². The van der Waals surface area contributed by atoms with E-state index in [0.29, 0.717) is 4.48 Å². The predicted octanol–water partition coefficient (Wildman–Crippen LogP) is 4.59. The van der Waals surface area contributed by atoms with E-state index < -0.39 is 4.51 Å². The molecule has 0 saturated carbocycles. The van der Waals surface area contributed by atoms with Gasteiger partial charge < -0.3 is 4.74 Å². The van der Waals surface area contributed by atoms with Gasteiger partial charge in [-0.2, -0.15) is 0 Å². The molecule has 1 unspecified atom stereocenters. The van der Waals surface area contributed by atoms with Crippen LogP contribution in [0.25, 0.3) is 0 Å². The third-order valence-electron chi connectivity index (χ3n) is 2.16. The maximum absolute atomic E-state index is 11.5. The van der Waals surface area contributed by atoms with Crippen molar-refractivity contribution in [2.75, 3.05) is 0 Å². The molecule has 86 valence electrons. The van der Waals surface area contributed by atoms with E-state index in [0.717, 1.165) is 24.8 Å². The first-order valence-electron chi connectivity index (χ1n) is 4.53. The molecule has 1 aliphatic heterocycles. The molecule has 15 heavy (non-hydrogen) atoms. The smallest absolute Gasteiger partial charge is 0.347 e. The lowest BCUT2D eigenvalue weighted by Gasteiger charge is -2.26. The van der Waals surface area contributed by atoms with Gasteiger partial charge in [0.25, 0.3) is 0 Å². The van der Waals surface area contributed by atoms with E-state index in [4.69, 9.17) is 4.74 Å². The maximum atomic E-state index is 11.5. The minimum Gasteiger partial charge on any atom is -0.437 e. The second-order valence-corrected chi connectivity index (χ2v) is 8.26. The number of cyclic esters (lactones) is 1. The number of hydrogen-bond donors (Lipinski definition) is 0. The summed E-state index contributed by atoms with van der Waals surface area (Å²) >= 11 is 13.5. The summed E-state index contributed by atoms with van der Waals surface area (Å²) < 4.78 is 4.92. The summed E-state index contributed by atoms with van der Waals surface area (Å²) in [7, 11) is 0. The van der Waals surface area contributed by atoms with Crippen LogP contribution in [0.1, 0.15) is 26.2 Å². The molecular weight excluding hydrogens is 460 g/mol. The Hall–Kier alpha value is 1.13. The Balaban J connectivity index is 2.97. The molecule has 1 atom stereocenters. The lowest BCUT2D eigenvalue weighted by atomic mass is 10.1. The van der Waals surface area contributed by atoms with Crippen molar-refractivity contribution >= 4 is 69.7 Å². The van der Waals surface area contributed by atoms with Crippen LogP contribution in [0.5, 0.6) is 0 Å². The molecule has 0 radical (unpaired) electrons. The molecule has 0 fully saturated rings. The molecule has 1 heterocycles. The second-order valence-electron chi connectivity index (χ2n) is 3.23. The van der Waals surface area contributed by atoms with Crippen LogP contribution in [-0.2, 0) is 9.53 Å². The van der Waals surface area contributed by atoms with Crippen molar-refractivity contribution in [3.05, 3.63) is 10.1 Å². The monoisotopic (exact) mass is 466 g/mol. The van der Waals surface area contributed by atoms with Gasteiger partial charge in [0, 0.05) is 5.57 Å². The highest BCUT2D eigenvalue weighted by atomic mass is 79.9. The highest BCUT2D eigenvalue weighted by Crippen LogP contribution is 2.49. The first-order chi connectivity index (χ1) is 6.93. The van der Waals surface area contributed by atoms with Crippen molar-refractivity contribution in [1.29, 1.82) is 0 Å². The van der Waals surface area contributed by atoms with Crippen LogP contribution in [-0.4, -0.2) is 14.2 Å². The second kappa shape index (κ2) is 5.65. The van der Waals surface area contributed by atoms with Crippen LogP contribution < -0.4 is 0 Å². The van der Waals surface area contributed by atoms with E-state index in [1.807, 2.05) is 0 Å². The minimum atomic E-state index is -0.766. The number of carbonyl (C=O) groups excluding carboxylic acids is 1. The highest BCUT2D eigenvalue weighted by Gasteiger charge is 2.48. The first-order valence-corrected chi connectivity index (χ1v) is 7.94. The highest BCUT2D eigenvalue weighted by molar-refractivity contribution is 9.25.